The minimum absolute atomic E-state index is 0.387. The second-order valence-electron chi connectivity index (χ2n) is 17.0. The third kappa shape index (κ3) is 3.36. The summed E-state index contributed by atoms with van der Waals surface area (Å²) in [5.41, 5.74) is 4.17. The van der Waals surface area contributed by atoms with Gasteiger partial charge < -0.3 is 5.32 Å². The molecule has 0 aromatic carbocycles. The van der Waals surface area contributed by atoms with Crippen LogP contribution in [0.3, 0.4) is 0 Å². The molecule has 0 aromatic rings. The van der Waals surface area contributed by atoms with Crippen LogP contribution >= 0.6 is 0 Å². The average molecular weight is 550 g/mol. The Labute approximate surface area is 250 Å². The second kappa shape index (κ2) is 9.25. The fourth-order valence-electron chi connectivity index (χ4n) is 14.5. The van der Waals surface area contributed by atoms with Crippen LogP contribution in [0.1, 0.15) is 97.8 Å². The maximum atomic E-state index is 4.25. The van der Waals surface area contributed by atoms with Gasteiger partial charge in [-0.05, 0) is 152 Å². The summed E-state index contributed by atoms with van der Waals surface area (Å²) in [6, 6.07) is 0. The Kier molecular flexibility index (Phi) is 5.86. The fourth-order valence-corrected chi connectivity index (χ4v) is 14.5. The molecule has 1 N–H and O–H groups in total. The van der Waals surface area contributed by atoms with Crippen LogP contribution in [0.4, 0.5) is 0 Å². The largest absolute Gasteiger partial charge is 0.363 e. The molecule has 9 aliphatic rings. The van der Waals surface area contributed by atoms with E-state index in [0.29, 0.717) is 16.7 Å². The van der Waals surface area contributed by atoms with Crippen LogP contribution in [0, 0.1) is 87.8 Å². The Balaban J connectivity index is 1.09. The van der Waals surface area contributed by atoms with Gasteiger partial charge in [-0.15, -0.1) is 0 Å². The molecule has 0 aliphatic heterocycles. The van der Waals surface area contributed by atoms with Crippen LogP contribution in [0.2, 0.25) is 0 Å². The topological polar surface area (TPSA) is 12.0 Å². The Morgan fingerprint density at radius 2 is 1.37 bits per heavy atom. The van der Waals surface area contributed by atoms with Gasteiger partial charge in [0.15, 0.2) is 0 Å². The molecule has 0 heterocycles. The van der Waals surface area contributed by atoms with Crippen molar-refractivity contribution in [3.8, 4) is 0 Å². The van der Waals surface area contributed by atoms with Crippen molar-refractivity contribution >= 4 is 0 Å². The van der Waals surface area contributed by atoms with Gasteiger partial charge >= 0.3 is 0 Å². The van der Waals surface area contributed by atoms with Crippen LogP contribution in [0.15, 0.2) is 60.0 Å². The van der Waals surface area contributed by atoms with Crippen molar-refractivity contribution in [1.82, 2.24) is 5.32 Å². The van der Waals surface area contributed by atoms with Gasteiger partial charge in [0.05, 0.1) is 0 Å². The van der Waals surface area contributed by atoms with Crippen LogP contribution < -0.4 is 5.32 Å². The average Bonchev–Trinajstić information content (AvgIpc) is 3.66. The highest BCUT2D eigenvalue weighted by Crippen LogP contribution is 2.76. The molecular weight excluding hydrogens is 494 g/mol. The van der Waals surface area contributed by atoms with E-state index >= 15 is 0 Å². The SMILES string of the molecule is CC1C(NC2=CC3C(CC2)C2CCCCC2C32C3CCC=CC3C3C=CCCC32)=CC2C1C1CCC=CC1C2(C)C. The molecule has 9 rings (SSSR count). The summed E-state index contributed by atoms with van der Waals surface area (Å²) < 4.78 is 0. The molecule has 0 aromatic heterocycles. The van der Waals surface area contributed by atoms with Crippen molar-refractivity contribution in [2.24, 2.45) is 87.8 Å². The predicted octanol–water partition coefficient (Wildman–Crippen LogP) is 9.86. The van der Waals surface area contributed by atoms with E-state index in [4.69, 9.17) is 0 Å². The molecule has 1 heteroatoms. The minimum Gasteiger partial charge on any atom is -0.363 e. The summed E-state index contributed by atoms with van der Waals surface area (Å²) >= 11 is 0. The van der Waals surface area contributed by atoms with Crippen molar-refractivity contribution in [1.29, 1.82) is 0 Å². The first-order chi connectivity index (χ1) is 20.0. The monoisotopic (exact) mass is 549 g/mol. The highest BCUT2D eigenvalue weighted by atomic mass is 14.9. The van der Waals surface area contributed by atoms with Crippen molar-refractivity contribution in [2.75, 3.05) is 0 Å². The first-order valence-corrected chi connectivity index (χ1v) is 18.2. The maximum Gasteiger partial charge on any atom is 0.0143 e. The Morgan fingerprint density at radius 1 is 0.659 bits per heavy atom. The van der Waals surface area contributed by atoms with Gasteiger partial charge in [0.1, 0.15) is 0 Å². The van der Waals surface area contributed by atoms with Gasteiger partial charge in [0, 0.05) is 11.4 Å². The normalized spacial score (nSPS) is 53.6. The standard InChI is InChI=1S/C40H55N/c1-24-37(23-36-38(24)30-15-7-8-16-31(30)39(36,2)3)41-25-20-21-29-28-14-6-11-19-34(28)40(35(29)22-25)32-17-9-4-12-26(32)27-13-5-10-18-33(27)40/h4-5,8,12-13,16,22-24,26-36,38,41H,6-7,9-11,14-15,17-21H2,1-3H3. The summed E-state index contributed by atoms with van der Waals surface area (Å²) in [6.07, 6.45) is 38.4. The summed E-state index contributed by atoms with van der Waals surface area (Å²) in [6.45, 7) is 7.73. The summed E-state index contributed by atoms with van der Waals surface area (Å²) in [5, 5.41) is 4.25. The lowest BCUT2D eigenvalue weighted by Gasteiger charge is -2.50. The Morgan fingerprint density at radius 3 is 2.15 bits per heavy atom. The smallest absolute Gasteiger partial charge is 0.0143 e. The van der Waals surface area contributed by atoms with E-state index < -0.39 is 0 Å². The molecule has 220 valence electrons. The fraction of sp³-hybridized carbons (Fsp3) is 0.750. The van der Waals surface area contributed by atoms with Gasteiger partial charge in [-0.1, -0.05) is 82.2 Å². The Bertz CT molecular complexity index is 1200. The van der Waals surface area contributed by atoms with E-state index in [9.17, 15) is 0 Å². The van der Waals surface area contributed by atoms with Crippen LogP contribution in [0.25, 0.3) is 0 Å². The number of rotatable bonds is 2. The third-order valence-electron chi connectivity index (χ3n) is 15.7. The van der Waals surface area contributed by atoms with E-state index in [-0.39, 0.29) is 0 Å². The molecule has 1 nitrogen and oxygen atoms in total. The molecular formula is C40H55N. The van der Waals surface area contributed by atoms with Crippen LogP contribution in [-0.2, 0) is 0 Å². The van der Waals surface area contributed by atoms with Crippen LogP contribution in [-0.4, -0.2) is 0 Å². The van der Waals surface area contributed by atoms with Crippen molar-refractivity contribution in [2.45, 2.75) is 97.8 Å². The molecule has 0 amide bonds. The summed E-state index contributed by atoms with van der Waals surface area (Å²) in [5.74, 6) is 11.1. The highest BCUT2D eigenvalue weighted by Gasteiger charge is 2.71. The van der Waals surface area contributed by atoms with Crippen molar-refractivity contribution in [3.63, 3.8) is 0 Å². The second-order valence-corrected chi connectivity index (χ2v) is 17.0. The zero-order valence-electron chi connectivity index (χ0n) is 26.1. The molecule has 4 fully saturated rings. The van der Waals surface area contributed by atoms with Gasteiger partial charge in [0.25, 0.3) is 0 Å². The van der Waals surface area contributed by atoms with E-state index in [1.807, 2.05) is 0 Å². The molecule has 13 atom stereocenters. The number of hydrogen-bond acceptors (Lipinski definition) is 1. The highest BCUT2D eigenvalue weighted by molar-refractivity contribution is 5.33. The molecule has 1 spiro atoms. The molecule has 41 heavy (non-hydrogen) atoms. The summed E-state index contributed by atoms with van der Waals surface area (Å²) in [4.78, 5) is 0. The van der Waals surface area contributed by atoms with Gasteiger partial charge in [0.2, 0.25) is 0 Å². The van der Waals surface area contributed by atoms with Gasteiger partial charge in [-0.25, -0.2) is 0 Å². The number of fused-ring (bicyclic) bond motifs is 13. The van der Waals surface area contributed by atoms with E-state index in [1.54, 1.807) is 11.4 Å². The minimum atomic E-state index is 0.387. The predicted molar refractivity (Wildman–Crippen MR) is 169 cm³/mol. The van der Waals surface area contributed by atoms with Gasteiger partial charge in [-0.2, -0.15) is 0 Å². The lowest BCUT2D eigenvalue weighted by Crippen LogP contribution is -2.45. The van der Waals surface area contributed by atoms with Crippen molar-refractivity contribution < 1.29 is 0 Å². The first-order valence-electron chi connectivity index (χ1n) is 18.2. The molecule has 13 unspecified atom stereocenters. The maximum absolute atomic E-state index is 4.25. The Hall–Kier alpha value is -1.50. The van der Waals surface area contributed by atoms with Crippen molar-refractivity contribution in [3.05, 3.63) is 60.0 Å². The molecule has 0 radical (unpaired) electrons. The quantitative estimate of drug-likeness (QED) is 0.338. The van der Waals surface area contributed by atoms with Gasteiger partial charge in [-0.3, -0.25) is 0 Å². The van der Waals surface area contributed by atoms with E-state index in [2.05, 4.69) is 74.7 Å². The summed E-state index contributed by atoms with van der Waals surface area (Å²) in [7, 11) is 0. The molecule has 0 bridgehead atoms. The van der Waals surface area contributed by atoms with E-state index in [0.717, 1.165) is 71.0 Å². The zero-order chi connectivity index (χ0) is 27.5. The lowest BCUT2D eigenvalue weighted by molar-refractivity contribution is -0.00233. The third-order valence-corrected chi connectivity index (χ3v) is 15.7. The molecule has 0 saturated heterocycles. The lowest BCUT2D eigenvalue weighted by atomic mass is 9.54. The number of hydrogen-bond donors (Lipinski definition) is 1. The molecule has 9 aliphatic carbocycles. The molecule has 4 saturated carbocycles. The number of allylic oxidation sites excluding steroid dienone is 10. The number of nitrogens with one attached hydrogen (secondary N) is 1. The van der Waals surface area contributed by atoms with Crippen LogP contribution in [0.5, 0.6) is 0 Å². The zero-order valence-corrected chi connectivity index (χ0v) is 26.1. The van der Waals surface area contributed by atoms with E-state index in [1.165, 1.54) is 77.0 Å². The first kappa shape index (κ1) is 25.9.